The number of nitrogens with two attached hydrogens (primary N) is 2. The van der Waals surface area contributed by atoms with Gasteiger partial charge < -0.3 is 66.2 Å². The van der Waals surface area contributed by atoms with Crippen molar-refractivity contribution in [3.63, 3.8) is 0 Å². The van der Waals surface area contributed by atoms with Crippen LogP contribution in [0.2, 0.25) is 0 Å². The number of hydrogen-bond acceptors (Lipinski definition) is 18. The number of rotatable bonds is 13. The van der Waals surface area contributed by atoms with Crippen LogP contribution in [0.25, 0.3) is 22.3 Å². The lowest BCUT2D eigenvalue weighted by Crippen LogP contribution is -2.61. The number of anilines is 2. The van der Waals surface area contributed by atoms with Gasteiger partial charge in [0.2, 0.25) is 11.9 Å². The number of aliphatic carboxylic acids is 1. The van der Waals surface area contributed by atoms with Crippen LogP contribution in [0, 0.1) is 104 Å². The number of carboxylic acid groups (broad SMARTS) is 1. The van der Waals surface area contributed by atoms with Crippen LogP contribution in [0.5, 0.6) is 0 Å². The van der Waals surface area contributed by atoms with Crippen molar-refractivity contribution in [1.29, 1.82) is 0 Å². The summed E-state index contributed by atoms with van der Waals surface area (Å²) in [6.07, 6.45) is 20.2. The number of aromatic amines is 2. The monoisotopic (exact) mass is 1330 g/mol. The van der Waals surface area contributed by atoms with Crippen molar-refractivity contribution in [3.05, 3.63) is 57.7 Å². The molecule has 0 radical (unpaired) electrons. The van der Waals surface area contributed by atoms with E-state index in [0.717, 1.165) is 77.0 Å². The topological polar surface area (TPSA) is 384 Å². The number of carbonyl (C=O) groups is 2. The smallest absolute Gasteiger partial charge is 0.305 e. The third kappa shape index (κ3) is 11.9. The van der Waals surface area contributed by atoms with Crippen molar-refractivity contribution >= 4 is 46.2 Å². The highest BCUT2D eigenvalue weighted by atomic mass is 16.5. The second kappa shape index (κ2) is 26.5. The van der Waals surface area contributed by atoms with Crippen molar-refractivity contribution in [2.45, 2.75) is 238 Å². The lowest BCUT2D eigenvalue weighted by atomic mass is 9.39. The lowest BCUT2D eigenvalue weighted by Gasteiger charge is -2.66. The molecule has 96 heavy (non-hydrogen) atoms. The average Bonchev–Trinajstić information content (AvgIpc) is 1.21. The first-order chi connectivity index (χ1) is 45.4. The second-order valence-corrected chi connectivity index (χ2v) is 33.3. The number of fused-ring (bicyclic) bond motifs is 12. The van der Waals surface area contributed by atoms with Crippen molar-refractivity contribution in [3.8, 4) is 0 Å². The van der Waals surface area contributed by atoms with E-state index < -0.39 is 35.2 Å². The summed E-state index contributed by atoms with van der Waals surface area (Å²) in [6.45, 7) is 24.4. The maximum atomic E-state index is 13.0. The largest absolute Gasteiger partial charge is 0.481 e. The first kappa shape index (κ1) is 70.3. The molecule has 0 aliphatic heterocycles. The van der Waals surface area contributed by atoms with E-state index in [1.54, 1.807) is 9.13 Å². The quantitative estimate of drug-likeness (QED) is 0.0443. The van der Waals surface area contributed by atoms with E-state index in [0.29, 0.717) is 107 Å². The molecule has 0 bridgehead atoms. The molecule has 10 fully saturated rings. The molecule has 4 aromatic heterocycles. The minimum Gasteiger partial charge on any atom is -0.481 e. The van der Waals surface area contributed by atoms with Gasteiger partial charge in [0, 0.05) is 24.7 Å². The molecule has 23 heteroatoms. The summed E-state index contributed by atoms with van der Waals surface area (Å²) in [5.74, 6) is 3.58. The van der Waals surface area contributed by atoms with Crippen molar-refractivity contribution in [2.24, 2.45) is 104 Å². The van der Waals surface area contributed by atoms with Crippen LogP contribution >= 0.6 is 0 Å². The fourth-order valence-electron chi connectivity index (χ4n) is 23.5. The standard InChI is InChI=1S/C36H53N5O6.C25H42O4.C12H15N5O3/c1-18(24-8-9-25-22-7-6-20-13-21(42)11-12-35(20,3)26(22)14-29(44)36(24,25)4)5-10-30(45)47-16-23-19(2)27(15-28(23)43)41-17-38-31-32(41)39-34(37)40-33(31)46;1-15(5-8-22(28)29)18-6-7-19-17-10-11-23(2)14-16(26)9-12-24(23,3)20(17)13-21(27)25(18,19)4;1-5-6(3-18)8(19)2-7(5)17-4-14-9-10(17)15-12(13)16-11(9)20/h17-18,20-29,42-44H,2,5-16H2,1,3-4H3,(H3,37,39,40,46);15-21,26-27H,5-14H2,1-4H3,(H,28,29);4,6-8,18-19H,1-3H2,(H3,13,15,16,20)/t18-,20-,21-,22+,23+,24-,25+,26+,27+,28+,29+,35+,36-;15-,16-,17+,18-,19+,20+,21+,23-,24-,25-;6-,7-,8-/m110/s1. The Morgan fingerprint density at radius 3 is 1.69 bits per heavy atom. The van der Waals surface area contributed by atoms with Crippen LogP contribution in [0.4, 0.5) is 11.9 Å². The van der Waals surface area contributed by atoms with Crippen LogP contribution in [-0.4, -0.2) is 142 Å². The highest BCUT2D eigenvalue weighted by Crippen LogP contribution is 2.72. The predicted octanol–water partition coefficient (Wildman–Crippen LogP) is 8.17. The molecule has 14 rings (SSSR count). The molecule has 0 unspecified atom stereocenters. The Balaban J connectivity index is 0.000000152. The van der Waals surface area contributed by atoms with E-state index >= 15 is 0 Å². The van der Waals surface area contributed by atoms with Gasteiger partial charge in [-0.15, -0.1) is 0 Å². The Morgan fingerprint density at radius 1 is 0.635 bits per heavy atom. The molecule has 0 aromatic carbocycles. The molecular formula is C73H110N10O13. The lowest BCUT2D eigenvalue weighted by molar-refractivity contribution is -0.201. The zero-order valence-electron chi connectivity index (χ0n) is 57.6. The summed E-state index contributed by atoms with van der Waals surface area (Å²) in [4.78, 5) is 69.4. The molecule has 26 atom stereocenters. The third-order valence-electron chi connectivity index (χ3n) is 29.2. The number of esters is 1. The van der Waals surface area contributed by atoms with E-state index in [1.165, 1.54) is 44.8 Å². The SMILES string of the molecule is C=C1[C@H](CO)[C@@H](O)C[C@@H]1n1cnc2c(=O)[nH]c(N)nc21.C=C1[C@H](COC(=O)CC[C@@H](C)[C@H]2CC[C@H]3[C@@H]4CC[C@@H]5C[C@H](O)CC[C@]5(C)[C@H]4C[C@H](O)[C@]23C)[C@@H](O)C[C@@H]1n1cnc2c(=O)[nH]c(N)nc21.C[C@H](CCC(=O)O)[C@H]1CC[C@H]2[C@@H]3CC[C@]4(C)C[C@H](O)CC[C@]4(C)[C@H]3C[C@H](O)[C@]12C. The number of aliphatic hydroxyl groups excluding tert-OH is 7. The molecule has 4 aromatic rings. The van der Waals surface area contributed by atoms with Gasteiger partial charge in [0.25, 0.3) is 11.1 Å². The van der Waals surface area contributed by atoms with Gasteiger partial charge in [-0.25, -0.2) is 9.97 Å². The number of aromatic nitrogens is 8. The van der Waals surface area contributed by atoms with Crippen molar-refractivity contribution in [2.75, 3.05) is 24.7 Å². The molecule has 0 saturated heterocycles. The Bertz CT molecular complexity index is 3680. The second-order valence-electron chi connectivity index (χ2n) is 33.3. The summed E-state index contributed by atoms with van der Waals surface area (Å²) in [5, 5.41) is 83.4. The summed E-state index contributed by atoms with van der Waals surface area (Å²) < 4.78 is 9.10. The zero-order valence-corrected chi connectivity index (χ0v) is 57.6. The molecule has 0 spiro atoms. The fraction of sp³-hybridized carbons (Fsp3) is 0.781. The predicted molar refractivity (Wildman–Crippen MR) is 362 cm³/mol. The number of H-pyrrole nitrogens is 2. The van der Waals surface area contributed by atoms with Gasteiger partial charge in [0.05, 0.1) is 68.0 Å². The van der Waals surface area contributed by atoms with E-state index in [2.05, 4.69) is 91.5 Å². The molecule has 14 N–H and O–H groups in total. The number of imidazole rings is 2. The molecule has 10 saturated carbocycles. The Morgan fingerprint density at radius 2 is 1.15 bits per heavy atom. The van der Waals surface area contributed by atoms with Gasteiger partial charge >= 0.3 is 11.9 Å². The van der Waals surface area contributed by atoms with Gasteiger partial charge in [-0.1, -0.05) is 61.6 Å². The van der Waals surface area contributed by atoms with Gasteiger partial charge in [0.15, 0.2) is 22.3 Å². The molecule has 530 valence electrons. The Hall–Kier alpha value is -5.56. The molecule has 10 aliphatic rings. The molecule has 0 amide bonds. The summed E-state index contributed by atoms with van der Waals surface area (Å²) >= 11 is 0. The van der Waals surface area contributed by atoms with Gasteiger partial charge in [-0.05, 0) is 232 Å². The number of nitrogens with zero attached hydrogens (tertiary/aromatic N) is 6. The van der Waals surface area contributed by atoms with E-state index in [1.807, 2.05) is 0 Å². The maximum Gasteiger partial charge on any atom is 0.305 e. The first-order valence-corrected chi connectivity index (χ1v) is 36.3. The molecule has 10 aliphatic carbocycles. The molecule has 4 heterocycles. The van der Waals surface area contributed by atoms with Crippen LogP contribution in [0.1, 0.15) is 202 Å². The fourth-order valence-corrected chi connectivity index (χ4v) is 23.5. The van der Waals surface area contributed by atoms with Gasteiger partial charge in [0.1, 0.15) is 6.61 Å². The average molecular weight is 1340 g/mol. The Kier molecular flexibility index (Phi) is 19.4. The van der Waals surface area contributed by atoms with Crippen molar-refractivity contribution < 1.29 is 55.2 Å². The summed E-state index contributed by atoms with van der Waals surface area (Å²) in [7, 11) is 0. The molecule has 23 nitrogen and oxygen atoms in total. The van der Waals surface area contributed by atoms with Crippen LogP contribution < -0.4 is 22.6 Å². The Labute approximate surface area is 562 Å². The minimum atomic E-state index is -0.765. The summed E-state index contributed by atoms with van der Waals surface area (Å²) in [5.41, 5.74) is 13.3. The van der Waals surface area contributed by atoms with Crippen LogP contribution in [0.15, 0.2) is 46.5 Å². The highest BCUT2D eigenvalue weighted by Gasteiger charge is 2.67. The third-order valence-corrected chi connectivity index (χ3v) is 29.2. The number of nitrogens with one attached hydrogen (secondary N) is 2. The van der Waals surface area contributed by atoms with Gasteiger partial charge in [-0.2, -0.15) is 9.97 Å². The number of carbonyl (C=O) groups excluding carboxylic acids is 1. The highest BCUT2D eigenvalue weighted by molar-refractivity contribution is 5.72. The molecular weight excluding hydrogens is 1220 g/mol. The van der Waals surface area contributed by atoms with Crippen molar-refractivity contribution in [1.82, 2.24) is 39.0 Å². The van der Waals surface area contributed by atoms with Crippen LogP contribution in [-0.2, 0) is 14.3 Å². The van der Waals surface area contributed by atoms with E-state index in [9.17, 15) is 54.9 Å². The van der Waals surface area contributed by atoms with E-state index in [4.69, 9.17) is 21.3 Å². The van der Waals surface area contributed by atoms with Crippen LogP contribution in [0.3, 0.4) is 0 Å². The number of carboxylic acids is 1. The number of aliphatic hydroxyl groups is 7. The van der Waals surface area contributed by atoms with Gasteiger partial charge in [-0.3, -0.25) is 29.1 Å². The minimum absolute atomic E-state index is 0.00659. The van der Waals surface area contributed by atoms with E-state index in [-0.39, 0.29) is 124 Å². The number of ether oxygens (including phenoxy) is 1. The normalized spacial score (nSPS) is 42.1. The number of hydrogen-bond donors (Lipinski definition) is 12. The zero-order chi connectivity index (χ0) is 69.0. The first-order valence-electron chi connectivity index (χ1n) is 36.3. The maximum absolute atomic E-state index is 13.0. The summed E-state index contributed by atoms with van der Waals surface area (Å²) in [6, 6.07) is -0.617. The number of nitrogen functional groups attached to an aromatic ring is 2.